The van der Waals surface area contributed by atoms with Crippen LogP contribution >= 0.6 is 0 Å². The van der Waals surface area contributed by atoms with Crippen molar-refractivity contribution in [1.29, 1.82) is 0 Å². The second kappa shape index (κ2) is 11.1. The van der Waals surface area contributed by atoms with Gasteiger partial charge in [-0.3, -0.25) is 0 Å². The highest BCUT2D eigenvalue weighted by molar-refractivity contribution is 5.17. The van der Waals surface area contributed by atoms with Gasteiger partial charge in [-0.1, -0.05) is 72.9 Å². The monoisotopic (exact) mass is 324 g/mol. The molecule has 0 radical (unpaired) electrons. The molecule has 0 aliphatic heterocycles. The Bertz CT molecular complexity index is 454. The summed E-state index contributed by atoms with van der Waals surface area (Å²) in [5, 5.41) is 0. The van der Waals surface area contributed by atoms with Crippen LogP contribution in [-0.2, 0) is 0 Å². The molecule has 3 aliphatic carbocycles. The molecule has 0 aromatic rings. The van der Waals surface area contributed by atoms with E-state index in [1.54, 1.807) is 0 Å². The molecule has 0 aromatic carbocycles. The highest BCUT2D eigenvalue weighted by atomic mass is 14.1. The van der Waals surface area contributed by atoms with Crippen molar-refractivity contribution in [2.45, 2.75) is 77.0 Å². The van der Waals surface area contributed by atoms with Gasteiger partial charge in [0.25, 0.3) is 0 Å². The van der Waals surface area contributed by atoms with Crippen LogP contribution in [0.5, 0.6) is 0 Å². The van der Waals surface area contributed by atoms with Gasteiger partial charge in [-0.2, -0.15) is 0 Å². The smallest absolute Gasteiger partial charge is 0.0114 e. The Labute approximate surface area is 150 Å². The molecule has 0 heteroatoms. The van der Waals surface area contributed by atoms with Gasteiger partial charge in [-0.15, -0.1) is 0 Å². The lowest BCUT2D eigenvalue weighted by Crippen LogP contribution is -1.93. The first-order chi connectivity index (χ1) is 11.4. The molecule has 3 saturated carbocycles. The van der Waals surface area contributed by atoms with Crippen LogP contribution in [0, 0.1) is 0 Å². The predicted molar refractivity (Wildman–Crippen MR) is 110 cm³/mol. The molecular formula is C24H36. The molecule has 3 aliphatic rings. The van der Waals surface area contributed by atoms with Gasteiger partial charge in [0.05, 0.1) is 0 Å². The molecule has 24 heavy (non-hydrogen) atoms. The molecule has 0 unspecified atom stereocenters. The lowest BCUT2D eigenvalue weighted by molar-refractivity contribution is 0.735. The standard InChI is InChI=1S/C9H14.C8H12.C7H10/c1-8-4-3-5-9(2)7-6-8;1-7-3-5-8(2)6-4-7;1-6-3-4-7(2)5-6/h1-7H2;1-6H2;1-5H2. The second-order valence-corrected chi connectivity index (χ2v) is 7.53. The van der Waals surface area contributed by atoms with Crippen molar-refractivity contribution in [2.75, 3.05) is 0 Å². The number of hydrogen-bond donors (Lipinski definition) is 0. The number of allylic oxidation sites excluding steroid dienone is 6. The van der Waals surface area contributed by atoms with Crippen molar-refractivity contribution >= 4 is 0 Å². The summed E-state index contributed by atoms with van der Waals surface area (Å²) < 4.78 is 0. The van der Waals surface area contributed by atoms with Gasteiger partial charge in [0.1, 0.15) is 0 Å². The summed E-state index contributed by atoms with van der Waals surface area (Å²) in [6.07, 6.45) is 14.2. The van der Waals surface area contributed by atoms with Crippen molar-refractivity contribution in [3.8, 4) is 0 Å². The molecule has 0 N–H and O–H groups in total. The molecular weight excluding hydrogens is 288 g/mol. The van der Waals surface area contributed by atoms with Crippen molar-refractivity contribution < 1.29 is 0 Å². The Hall–Kier alpha value is -1.56. The summed E-state index contributed by atoms with van der Waals surface area (Å²) in [6, 6.07) is 0. The van der Waals surface area contributed by atoms with Crippen molar-refractivity contribution in [1.82, 2.24) is 0 Å². The average molecular weight is 325 g/mol. The minimum atomic E-state index is 1.08. The van der Waals surface area contributed by atoms with Crippen LogP contribution in [0.1, 0.15) is 77.0 Å². The van der Waals surface area contributed by atoms with E-state index in [0.717, 1.165) is 6.42 Å². The van der Waals surface area contributed by atoms with Gasteiger partial charge in [-0.25, -0.2) is 0 Å². The molecule has 0 atom stereocenters. The van der Waals surface area contributed by atoms with E-state index in [1.807, 2.05) is 0 Å². The zero-order chi connectivity index (χ0) is 17.9. The van der Waals surface area contributed by atoms with Crippen LogP contribution in [0.2, 0.25) is 0 Å². The van der Waals surface area contributed by atoms with Gasteiger partial charge < -0.3 is 0 Å². The maximum atomic E-state index is 3.97. The van der Waals surface area contributed by atoms with Crippen LogP contribution < -0.4 is 0 Å². The normalized spacial score (nSPS) is 21.5. The topological polar surface area (TPSA) is 0 Å². The van der Waals surface area contributed by atoms with Gasteiger partial charge >= 0.3 is 0 Å². The van der Waals surface area contributed by atoms with E-state index in [-0.39, 0.29) is 0 Å². The third kappa shape index (κ3) is 9.55. The Morgan fingerprint density at radius 3 is 0.833 bits per heavy atom. The quantitative estimate of drug-likeness (QED) is 0.312. The maximum Gasteiger partial charge on any atom is -0.0114 e. The summed E-state index contributed by atoms with van der Waals surface area (Å²) in [6.45, 7) is 23.4. The van der Waals surface area contributed by atoms with Crippen molar-refractivity contribution in [3.63, 3.8) is 0 Å². The fraction of sp³-hybridized carbons (Fsp3) is 0.500. The zero-order valence-electron chi connectivity index (χ0n) is 15.7. The van der Waals surface area contributed by atoms with E-state index in [0.29, 0.717) is 0 Å². The summed E-state index contributed by atoms with van der Waals surface area (Å²) in [5.74, 6) is 0. The summed E-state index contributed by atoms with van der Waals surface area (Å²) in [7, 11) is 0. The summed E-state index contributed by atoms with van der Waals surface area (Å²) in [5.41, 5.74) is 8.33. The van der Waals surface area contributed by atoms with E-state index in [2.05, 4.69) is 39.5 Å². The van der Waals surface area contributed by atoms with Gasteiger partial charge in [0.15, 0.2) is 0 Å². The van der Waals surface area contributed by atoms with E-state index in [1.165, 1.54) is 104 Å². The average Bonchev–Trinajstić information content (AvgIpc) is 2.81. The van der Waals surface area contributed by atoms with Gasteiger partial charge in [0, 0.05) is 0 Å². The highest BCUT2D eigenvalue weighted by Gasteiger charge is 2.06. The molecule has 0 spiro atoms. The lowest BCUT2D eigenvalue weighted by Gasteiger charge is -2.13. The first-order valence-electron chi connectivity index (χ1n) is 9.36. The molecule has 0 heterocycles. The molecule has 3 rings (SSSR count). The molecule has 3 fully saturated rings. The Kier molecular flexibility index (Phi) is 9.45. The van der Waals surface area contributed by atoms with E-state index < -0.39 is 0 Å². The number of rotatable bonds is 0. The van der Waals surface area contributed by atoms with E-state index in [9.17, 15) is 0 Å². The van der Waals surface area contributed by atoms with E-state index >= 15 is 0 Å². The molecule has 0 aromatic heterocycles. The Balaban J connectivity index is 0.000000181. The Morgan fingerprint density at radius 1 is 0.333 bits per heavy atom. The second-order valence-electron chi connectivity index (χ2n) is 7.53. The third-order valence-electron chi connectivity index (χ3n) is 4.89. The fourth-order valence-electron chi connectivity index (χ4n) is 3.03. The van der Waals surface area contributed by atoms with Crippen LogP contribution in [0.4, 0.5) is 0 Å². The van der Waals surface area contributed by atoms with Crippen LogP contribution in [0.25, 0.3) is 0 Å². The molecule has 0 amide bonds. The van der Waals surface area contributed by atoms with Crippen LogP contribution in [-0.4, -0.2) is 0 Å². The first kappa shape index (κ1) is 20.5. The molecule has 132 valence electrons. The molecule has 0 saturated heterocycles. The highest BCUT2D eigenvalue weighted by Crippen LogP contribution is 2.26. The third-order valence-corrected chi connectivity index (χ3v) is 4.89. The largest absolute Gasteiger partial charge is 0.0999 e. The summed E-state index contributed by atoms with van der Waals surface area (Å²) in [4.78, 5) is 0. The van der Waals surface area contributed by atoms with Crippen molar-refractivity contribution in [2.24, 2.45) is 0 Å². The van der Waals surface area contributed by atoms with Gasteiger partial charge in [-0.05, 0) is 77.0 Å². The zero-order valence-corrected chi connectivity index (χ0v) is 15.7. The minimum absolute atomic E-state index is 1.08. The lowest BCUT2D eigenvalue weighted by atomic mass is 9.93. The minimum Gasteiger partial charge on any atom is -0.0999 e. The molecule has 0 bridgehead atoms. The van der Waals surface area contributed by atoms with Crippen molar-refractivity contribution in [3.05, 3.63) is 72.9 Å². The predicted octanol–water partition coefficient (Wildman–Crippen LogP) is 8.02. The van der Waals surface area contributed by atoms with Crippen LogP contribution in [0.15, 0.2) is 72.9 Å². The molecule has 0 nitrogen and oxygen atoms in total. The summed E-state index contributed by atoms with van der Waals surface area (Å²) >= 11 is 0. The van der Waals surface area contributed by atoms with Gasteiger partial charge in [0.2, 0.25) is 0 Å². The first-order valence-corrected chi connectivity index (χ1v) is 9.36. The fourth-order valence-corrected chi connectivity index (χ4v) is 3.03. The number of hydrogen-bond acceptors (Lipinski definition) is 0. The maximum absolute atomic E-state index is 3.97. The van der Waals surface area contributed by atoms with Crippen LogP contribution in [0.3, 0.4) is 0 Å². The SMILES string of the molecule is C=C1CCC(=C)C1.C=C1CCC(=C)CC1.C=C1CCCC(=C)CC1. The van der Waals surface area contributed by atoms with E-state index in [4.69, 9.17) is 0 Å². The Morgan fingerprint density at radius 2 is 0.583 bits per heavy atom.